The zero-order valence-corrected chi connectivity index (χ0v) is 11.6. The van der Waals surface area contributed by atoms with Crippen LogP contribution in [0.15, 0.2) is 36.4 Å². The van der Waals surface area contributed by atoms with Crippen LogP contribution in [0.25, 0.3) is 0 Å². The summed E-state index contributed by atoms with van der Waals surface area (Å²) in [6.07, 6.45) is 0. The van der Waals surface area contributed by atoms with Gasteiger partial charge in [0.1, 0.15) is 11.6 Å². The number of hydrogen-bond donors (Lipinski definition) is 0. The van der Waals surface area contributed by atoms with E-state index in [0.717, 1.165) is 18.2 Å². The third kappa shape index (κ3) is 3.35. The summed E-state index contributed by atoms with van der Waals surface area (Å²) < 4.78 is 18.3. The van der Waals surface area contributed by atoms with E-state index in [-0.39, 0.29) is 33.6 Å². The molecule has 0 fully saturated rings. The fourth-order valence-electron chi connectivity index (χ4n) is 1.64. The molecule has 0 aliphatic rings. The van der Waals surface area contributed by atoms with Gasteiger partial charge in [-0.25, -0.2) is 4.39 Å². The van der Waals surface area contributed by atoms with Crippen molar-refractivity contribution in [2.24, 2.45) is 0 Å². The number of nitro benzene ring substituents is 1. The summed E-state index contributed by atoms with van der Waals surface area (Å²) in [5.41, 5.74) is -0.178. The van der Waals surface area contributed by atoms with Crippen LogP contribution < -0.4 is 4.74 Å². The Morgan fingerprint density at radius 1 is 1.24 bits per heavy atom. The number of halogens is 2. The number of nitrogens with zero attached hydrogens (tertiary/aromatic N) is 1. The minimum Gasteiger partial charge on any atom is -0.449 e. The molecule has 0 heterocycles. The molecule has 21 heavy (non-hydrogen) atoms. The predicted octanol–water partition coefficient (Wildman–Crippen LogP) is 4.38. The largest absolute Gasteiger partial charge is 0.449 e. The van der Waals surface area contributed by atoms with Crippen molar-refractivity contribution in [3.8, 4) is 11.5 Å². The van der Waals surface area contributed by atoms with Gasteiger partial charge in [0.2, 0.25) is 5.75 Å². The first-order valence-corrected chi connectivity index (χ1v) is 6.18. The molecule has 2 aromatic rings. The molecule has 0 aromatic heterocycles. The highest BCUT2D eigenvalue weighted by atomic mass is 35.5. The Hall–Kier alpha value is -2.47. The number of ether oxygens (including phenoxy) is 1. The Labute approximate surface area is 124 Å². The molecule has 0 aliphatic carbocycles. The van der Waals surface area contributed by atoms with Crippen molar-refractivity contribution in [3.63, 3.8) is 0 Å². The van der Waals surface area contributed by atoms with E-state index < -0.39 is 10.7 Å². The molecular weight excluding hydrogens is 301 g/mol. The maximum Gasteiger partial charge on any atom is 0.312 e. The Morgan fingerprint density at radius 3 is 2.48 bits per heavy atom. The molecule has 0 atom stereocenters. The number of hydrogen-bond acceptors (Lipinski definition) is 4. The monoisotopic (exact) mass is 309 g/mol. The van der Waals surface area contributed by atoms with Crippen molar-refractivity contribution in [2.75, 3.05) is 0 Å². The van der Waals surface area contributed by atoms with E-state index in [1.54, 1.807) is 0 Å². The van der Waals surface area contributed by atoms with Gasteiger partial charge in [-0.3, -0.25) is 14.9 Å². The van der Waals surface area contributed by atoms with Gasteiger partial charge in [-0.05, 0) is 37.3 Å². The number of nitro groups is 1. The Bertz CT molecular complexity index is 733. The fraction of sp³-hybridized carbons (Fsp3) is 0.0714. The number of rotatable bonds is 4. The second-order valence-electron chi connectivity index (χ2n) is 4.17. The molecule has 0 unspecified atom stereocenters. The van der Waals surface area contributed by atoms with E-state index in [0.29, 0.717) is 0 Å². The molecule has 7 heteroatoms. The van der Waals surface area contributed by atoms with Crippen LogP contribution in [-0.4, -0.2) is 10.7 Å². The van der Waals surface area contributed by atoms with E-state index in [2.05, 4.69) is 0 Å². The molecule has 0 saturated carbocycles. The first kappa shape index (κ1) is 14.9. The van der Waals surface area contributed by atoms with E-state index in [1.165, 1.54) is 25.1 Å². The van der Waals surface area contributed by atoms with Crippen molar-refractivity contribution < 1.29 is 18.8 Å². The Morgan fingerprint density at radius 2 is 1.90 bits per heavy atom. The number of carbonyl (C=O) groups is 1. The molecule has 2 rings (SSSR count). The first-order chi connectivity index (χ1) is 9.88. The quantitative estimate of drug-likeness (QED) is 0.477. The Kier molecular flexibility index (Phi) is 4.18. The third-order valence-corrected chi connectivity index (χ3v) is 2.97. The van der Waals surface area contributed by atoms with Gasteiger partial charge >= 0.3 is 5.69 Å². The predicted molar refractivity (Wildman–Crippen MR) is 74.6 cm³/mol. The number of ketones is 1. The molecule has 2 aromatic carbocycles. The number of Topliss-reactive ketones (excluding diaryl/α,β-unsaturated/α-hetero) is 1. The summed E-state index contributed by atoms with van der Waals surface area (Å²) in [6.45, 7) is 1.30. The van der Waals surface area contributed by atoms with Crippen LogP contribution in [-0.2, 0) is 0 Å². The second-order valence-corrected chi connectivity index (χ2v) is 4.58. The summed E-state index contributed by atoms with van der Waals surface area (Å²) in [7, 11) is 0. The number of benzene rings is 2. The molecule has 0 amide bonds. The SMILES string of the molecule is CC(=O)c1ccc(Oc2ccc(F)cc2Cl)c([N+](=O)[O-])c1. The van der Waals surface area contributed by atoms with Crippen LogP contribution in [0.1, 0.15) is 17.3 Å². The maximum atomic E-state index is 12.9. The van der Waals surface area contributed by atoms with Gasteiger partial charge in [0.05, 0.1) is 9.95 Å². The van der Waals surface area contributed by atoms with Crippen molar-refractivity contribution in [3.05, 3.63) is 62.9 Å². The fourth-order valence-corrected chi connectivity index (χ4v) is 1.85. The van der Waals surface area contributed by atoms with Crippen LogP contribution in [0.3, 0.4) is 0 Å². The lowest BCUT2D eigenvalue weighted by atomic mass is 10.1. The molecule has 0 spiro atoms. The van der Waals surface area contributed by atoms with E-state index in [4.69, 9.17) is 16.3 Å². The standard InChI is InChI=1S/C14H9ClFNO4/c1-8(18)9-2-4-14(12(6-9)17(19)20)21-13-5-3-10(16)7-11(13)15/h2-7H,1H3. The topological polar surface area (TPSA) is 69.4 Å². The highest BCUT2D eigenvalue weighted by Gasteiger charge is 2.19. The zero-order valence-electron chi connectivity index (χ0n) is 10.8. The smallest absolute Gasteiger partial charge is 0.312 e. The molecule has 5 nitrogen and oxygen atoms in total. The summed E-state index contributed by atoms with van der Waals surface area (Å²) in [5.74, 6) is -0.853. The minimum atomic E-state index is -0.667. The molecule has 108 valence electrons. The van der Waals surface area contributed by atoms with Crippen LogP contribution in [0.2, 0.25) is 5.02 Å². The second kappa shape index (κ2) is 5.88. The molecule has 0 radical (unpaired) electrons. The van der Waals surface area contributed by atoms with Gasteiger partial charge in [0.15, 0.2) is 5.78 Å². The average molecular weight is 310 g/mol. The normalized spacial score (nSPS) is 10.2. The van der Waals surface area contributed by atoms with E-state index in [1.807, 2.05) is 0 Å². The lowest BCUT2D eigenvalue weighted by molar-refractivity contribution is -0.385. The summed E-state index contributed by atoms with van der Waals surface area (Å²) in [6, 6.07) is 7.25. The van der Waals surface area contributed by atoms with Crippen molar-refractivity contribution >= 4 is 23.1 Å². The van der Waals surface area contributed by atoms with Gasteiger partial charge in [-0.2, -0.15) is 0 Å². The summed E-state index contributed by atoms with van der Waals surface area (Å²) in [4.78, 5) is 21.6. The number of carbonyl (C=O) groups excluding carboxylic acids is 1. The van der Waals surface area contributed by atoms with E-state index in [9.17, 15) is 19.3 Å². The van der Waals surface area contributed by atoms with Crippen molar-refractivity contribution in [1.82, 2.24) is 0 Å². The molecule has 0 bridgehead atoms. The van der Waals surface area contributed by atoms with Crippen LogP contribution in [0, 0.1) is 15.9 Å². The highest BCUT2D eigenvalue weighted by molar-refractivity contribution is 6.32. The summed E-state index contributed by atoms with van der Waals surface area (Å²) >= 11 is 5.80. The van der Waals surface area contributed by atoms with Gasteiger partial charge in [-0.1, -0.05) is 11.6 Å². The molecule has 0 aliphatic heterocycles. The third-order valence-electron chi connectivity index (χ3n) is 2.68. The van der Waals surface area contributed by atoms with Crippen molar-refractivity contribution in [2.45, 2.75) is 6.92 Å². The van der Waals surface area contributed by atoms with Crippen LogP contribution in [0.5, 0.6) is 11.5 Å². The lowest BCUT2D eigenvalue weighted by Crippen LogP contribution is -1.98. The molecule has 0 saturated heterocycles. The van der Waals surface area contributed by atoms with Crippen molar-refractivity contribution in [1.29, 1.82) is 0 Å². The van der Waals surface area contributed by atoms with Gasteiger partial charge in [0, 0.05) is 11.6 Å². The van der Waals surface area contributed by atoms with E-state index >= 15 is 0 Å². The van der Waals surface area contributed by atoms with Gasteiger partial charge < -0.3 is 4.74 Å². The van der Waals surface area contributed by atoms with Gasteiger partial charge in [-0.15, -0.1) is 0 Å². The Balaban J connectivity index is 2.44. The highest BCUT2D eigenvalue weighted by Crippen LogP contribution is 2.35. The van der Waals surface area contributed by atoms with Crippen LogP contribution in [0.4, 0.5) is 10.1 Å². The lowest BCUT2D eigenvalue weighted by Gasteiger charge is -2.08. The minimum absolute atomic E-state index is 0.0139. The summed E-state index contributed by atoms with van der Waals surface area (Å²) in [5, 5.41) is 11.0. The van der Waals surface area contributed by atoms with Crippen LogP contribution >= 0.6 is 11.6 Å². The van der Waals surface area contributed by atoms with Gasteiger partial charge in [0.25, 0.3) is 0 Å². The molecule has 0 N–H and O–H groups in total. The average Bonchev–Trinajstić information content (AvgIpc) is 2.41. The maximum absolute atomic E-state index is 12.9. The zero-order chi connectivity index (χ0) is 15.6. The molecular formula is C14H9ClFNO4. The first-order valence-electron chi connectivity index (χ1n) is 5.81.